The molecule has 0 saturated carbocycles. The fourth-order valence-corrected chi connectivity index (χ4v) is 2.60. The minimum Gasteiger partial charge on any atom is -0.347 e. The molecule has 4 rings (SSSR count). The van der Waals surface area contributed by atoms with Crippen LogP contribution < -0.4 is 5.32 Å². The lowest BCUT2D eigenvalue weighted by atomic mass is 10.1. The quantitative estimate of drug-likeness (QED) is 0.586. The van der Waals surface area contributed by atoms with E-state index in [1.165, 1.54) is 0 Å². The van der Waals surface area contributed by atoms with Gasteiger partial charge in [-0.3, -0.25) is 4.79 Å². The molecule has 1 amide bonds. The van der Waals surface area contributed by atoms with Crippen LogP contribution in [0.15, 0.2) is 53.3 Å². The number of fused-ring (bicyclic) bond motifs is 1. The highest BCUT2D eigenvalue weighted by molar-refractivity contribution is 5.77. The third-order valence-electron chi connectivity index (χ3n) is 4.06. The Kier molecular flexibility index (Phi) is 4.37. The Hall–Kier alpha value is -3.55. The number of rotatable bonds is 5. The Bertz CT molecular complexity index is 1070. The van der Waals surface area contributed by atoms with Crippen molar-refractivity contribution in [3.05, 3.63) is 54.7 Å². The van der Waals surface area contributed by atoms with Gasteiger partial charge in [0.25, 0.3) is 0 Å². The van der Waals surface area contributed by atoms with Gasteiger partial charge in [-0.05, 0) is 18.2 Å². The molecular weight excluding hydrogens is 344 g/mol. The summed E-state index contributed by atoms with van der Waals surface area (Å²) in [7, 11) is 0. The number of nitrogens with zero attached hydrogens (tertiary/aromatic N) is 5. The van der Waals surface area contributed by atoms with E-state index in [0.717, 1.165) is 22.5 Å². The SMILES string of the molecule is CC(C)C(=O)NCc1nc(-c2cccc(-c3cn4ncccc4n3)c2)no1. The highest BCUT2D eigenvalue weighted by Crippen LogP contribution is 2.24. The normalized spacial score (nSPS) is 11.2. The minimum absolute atomic E-state index is 0.0581. The molecule has 0 unspecified atom stereocenters. The van der Waals surface area contributed by atoms with Crippen LogP contribution in [0.5, 0.6) is 0 Å². The van der Waals surface area contributed by atoms with Crippen LogP contribution in [0.4, 0.5) is 0 Å². The molecule has 0 aliphatic heterocycles. The molecule has 136 valence electrons. The summed E-state index contributed by atoms with van der Waals surface area (Å²) < 4.78 is 6.97. The van der Waals surface area contributed by atoms with Crippen molar-refractivity contribution in [1.29, 1.82) is 0 Å². The van der Waals surface area contributed by atoms with E-state index >= 15 is 0 Å². The molecule has 8 nitrogen and oxygen atoms in total. The van der Waals surface area contributed by atoms with Gasteiger partial charge in [-0.2, -0.15) is 10.1 Å². The molecule has 0 bridgehead atoms. The highest BCUT2D eigenvalue weighted by atomic mass is 16.5. The van der Waals surface area contributed by atoms with Gasteiger partial charge < -0.3 is 9.84 Å². The van der Waals surface area contributed by atoms with E-state index in [1.807, 2.05) is 56.4 Å². The molecular formula is C19H18N6O2. The highest BCUT2D eigenvalue weighted by Gasteiger charge is 2.13. The van der Waals surface area contributed by atoms with Gasteiger partial charge in [-0.15, -0.1) is 0 Å². The molecule has 0 spiro atoms. The van der Waals surface area contributed by atoms with Gasteiger partial charge in [0.2, 0.25) is 17.6 Å². The van der Waals surface area contributed by atoms with Crippen molar-refractivity contribution in [1.82, 2.24) is 30.1 Å². The summed E-state index contributed by atoms with van der Waals surface area (Å²) in [6.45, 7) is 3.87. The Balaban J connectivity index is 1.57. The van der Waals surface area contributed by atoms with Gasteiger partial charge in [0.05, 0.1) is 18.4 Å². The second-order valence-corrected chi connectivity index (χ2v) is 6.42. The van der Waals surface area contributed by atoms with Crippen LogP contribution in [0.3, 0.4) is 0 Å². The molecule has 0 fully saturated rings. The number of hydrogen-bond donors (Lipinski definition) is 1. The second kappa shape index (κ2) is 6.99. The number of amides is 1. The Morgan fingerprint density at radius 2 is 2.04 bits per heavy atom. The molecule has 0 aliphatic carbocycles. The fourth-order valence-electron chi connectivity index (χ4n) is 2.60. The van der Waals surface area contributed by atoms with Crippen molar-refractivity contribution >= 4 is 11.6 Å². The number of carbonyl (C=O) groups excluding carboxylic acids is 1. The largest absolute Gasteiger partial charge is 0.347 e. The first kappa shape index (κ1) is 16.9. The maximum atomic E-state index is 11.7. The first-order valence-electron chi connectivity index (χ1n) is 8.61. The van der Waals surface area contributed by atoms with Crippen LogP contribution in [-0.2, 0) is 11.3 Å². The standard InChI is InChI=1S/C19H18N6O2/c1-12(2)19(26)20-10-17-23-18(24-27-17)14-6-3-5-13(9-14)15-11-25-16(22-15)7-4-8-21-25/h3-9,11-12H,10H2,1-2H3,(H,20,26). The van der Waals surface area contributed by atoms with Crippen LogP contribution in [0, 0.1) is 5.92 Å². The Labute approximate surface area is 155 Å². The van der Waals surface area contributed by atoms with Crippen molar-refractivity contribution in [3.63, 3.8) is 0 Å². The summed E-state index contributed by atoms with van der Waals surface area (Å²) in [5, 5.41) is 11.0. The van der Waals surface area contributed by atoms with E-state index in [-0.39, 0.29) is 18.4 Å². The molecule has 8 heteroatoms. The van der Waals surface area contributed by atoms with Gasteiger partial charge in [-0.1, -0.05) is 37.2 Å². The topological polar surface area (TPSA) is 98.2 Å². The zero-order valence-electron chi connectivity index (χ0n) is 15.0. The van der Waals surface area contributed by atoms with Gasteiger partial charge in [0.15, 0.2) is 5.65 Å². The summed E-state index contributed by atoms with van der Waals surface area (Å²) >= 11 is 0. The molecule has 0 aliphatic rings. The number of nitrogens with one attached hydrogen (secondary N) is 1. The van der Waals surface area contributed by atoms with Crippen LogP contribution in [0.2, 0.25) is 0 Å². The lowest BCUT2D eigenvalue weighted by Gasteiger charge is -2.03. The summed E-state index contributed by atoms with van der Waals surface area (Å²) in [6, 6.07) is 11.5. The molecule has 0 radical (unpaired) electrons. The lowest BCUT2D eigenvalue weighted by Crippen LogP contribution is -2.27. The number of carbonyl (C=O) groups is 1. The molecule has 27 heavy (non-hydrogen) atoms. The number of imidazole rings is 1. The third-order valence-corrected chi connectivity index (χ3v) is 4.06. The minimum atomic E-state index is -0.0935. The molecule has 4 aromatic rings. The van der Waals surface area contributed by atoms with Crippen LogP contribution in [-0.4, -0.2) is 30.6 Å². The molecule has 3 heterocycles. The number of hydrogen-bond acceptors (Lipinski definition) is 6. The molecule has 3 aromatic heterocycles. The zero-order chi connectivity index (χ0) is 18.8. The predicted molar refractivity (Wildman–Crippen MR) is 98.4 cm³/mol. The van der Waals surface area contributed by atoms with Crippen molar-refractivity contribution in [3.8, 4) is 22.6 Å². The van der Waals surface area contributed by atoms with Crippen LogP contribution in [0.25, 0.3) is 28.3 Å². The van der Waals surface area contributed by atoms with Crippen molar-refractivity contribution in [2.45, 2.75) is 20.4 Å². The average Bonchev–Trinajstić information content (AvgIpc) is 3.33. The fraction of sp³-hybridized carbons (Fsp3) is 0.211. The van der Waals surface area contributed by atoms with E-state index in [9.17, 15) is 4.79 Å². The summed E-state index contributed by atoms with van der Waals surface area (Å²) in [6.07, 6.45) is 3.59. The number of aromatic nitrogens is 5. The van der Waals surface area contributed by atoms with E-state index in [1.54, 1.807) is 10.7 Å². The molecule has 1 N–H and O–H groups in total. The summed E-state index contributed by atoms with van der Waals surface area (Å²) in [5.74, 6) is 0.676. The first-order valence-corrected chi connectivity index (χ1v) is 8.61. The first-order chi connectivity index (χ1) is 13.1. The Morgan fingerprint density at radius 1 is 1.19 bits per heavy atom. The Morgan fingerprint density at radius 3 is 2.85 bits per heavy atom. The second-order valence-electron chi connectivity index (χ2n) is 6.42. The maximum absolute atomic E-state index is 11.7. The zero-order valence-corrected chi connectivity index (χ0v) is 15.0. The summed E-state index contributed by atoms with van der Waals surface area (Å²) in [4.78, 5) is 20.6. The average molecular weight is 362 g/mol. The number of benzene rings is 1. The van der Waals surface area contributed by atoms with E-state index in [2.05, 4.69) is 25.5 Å². The summed E-state index contributed by atoms with van der Waals surface area (Å²) in [5.41, 5.74) is 3.32. The van der Waals surface area contributed by atoms with Crippen molar-refractivity contribution in [2.75, 3.05) is 0 Å². The predicted octanol–water partition coefficient (Wildman–Crippen LogP) is 2.72. The maximum Gasteiger partial charge on any atom is 0.246 e. The third kappa shape index (κ3) is 3.55. The van der Waals surface area contributed by atoms with Crippen molar-refractivity contribution in [2.24, 2.45) is 5.92 Å². The van der Waals surface area contributed by atoms with E-state index < -0.39 is 0 Å². The lowest BCUT2D eigenvalue weighted by molar-refractivity contribution is -0.124. The van der Waals surface area contributed by atoms with Crippen LogP contribution in [0.1, 0.15) is 19.7 Å². The van der Waals surface area contributed by atoms with Gasteiger partial charge in [0.1, 0.15) is 0 Å². The van der Waals surface area contributed by atoms with E-state index in [4.69, 9.17) is 4.52 Å². The van der Waals surface area contributed by atoms with Gasteiger partial charge >= 0.3 is 0 Å². The molecule has 0 saturated heterocycles. The smallest absolute Gasteiger partial charge is 0.246 e. The molecule has 1 aromatic carbocycles. The van der Waals surface area contributed by atoms with Gasteiger partial charge in [-0.25, -0.2) is 9.50 Å². The van der Waals surface area contributed by atoms with Crippen LogP contribution >= 0.6 is 0 Å². The molecule has 0 atom stereocenters. The monoisotopic (exact) mass is 362 g/mol. The van der Waals surface area contributed by atoms with Crippen molar-refractivity contribution < 1.29 is 9.32 Å². The van der Waals surface area contributed by atoms with Gasteiger partial charge in [0, 0.05) is 23.2 Å². The van der Waals surface area contributed by atoms with E-state index in [0.29, 0.717) is 11.7 Å².